The zero-order valence-corrected chi connectivity index (χ0v) is 8.46. The Morgan fingerprint density at radius 3 is 2.53 bits per heavy atom. The van der Waals surface area contributed by atoms with Crippen LogP contribution in [0.2, 0.25) is 0 Å². The fraction of sp³-hybridized carbons (Fsp3) is 0.143. The molecule has 0 unspecified atom stereocenters. The Labute approximate surface area is 89.8 Å². The standard InChI is InChI=1S/C7H3BrF3NO3/c8-4-1-3(6(13)14)2-5(12-4)15-7(9,10)11/h1-2H,(H,13,14). The van der Waals surface area contributed by atoms with Crippen molar-refractivity contribution in [3.05, 3.63) is 22.3 Å². The average molecular weight is 286 g/mol. The molecule has 0 saturated carbocycles. The third-order valence-corrected chi connectivity index (χ3v) is 1.64. The van der Waals surface area contributed by atoms with Gasteiger partial charge in [-0.25, -0.2) is 9.78 Å². The van der Waals surface area contributed by atoms with E-state index in [1.165, 1.54) is 0 Å². The van der Waals surface area contributed by atoms with E-state index in [2.05, 4.69) is 25.7 Å². The van der Waals surface area contributed by atoms with Gasteiger partial charge in [0.1, 0.15) is 4.60 Å². The molecular weight excluding hydrogens is 283 g/mol. The fourth-order valence-electron chi connectivity index (χ4n) is 0.767. The minimum Gasteiger partial charge on any atom is -0.478 e. The van der Waals surface area contributed by atoms with E-state index in [4.69, 9.17) is 5.11 Å². The molecule has 0 atom stereocenters. The van der Waals surface area contributed by atoms with Crippen LogP contribution in [0.5, 0.6) is 5.88 Å². The summed E-state index contributed by atoms with van der Waals surface area (Å²) in [5.74, 6) is -2.20. The van der Waals surface area contributed by atoms with Crippen LogP contribution in [-0.4, -0.2) is 22.4 Å². The van der Waals surface area contributed by atoms with Gasteiger partial charge >= 0.3 is 12.3 Å². The number of alkyl halides is 3. The minimum atomic E-state index is -4.90. The van der Waals surface area contributed by atoms with Gasteiger partial charge in [-0.3, -0.25) is 0 Å². The first-order valence-electron chi connectivity index (χ1n) is 3.44. The predicted molar refractivity (Wildman–Crippen MR) is 45.6 cm³/mol. The maximum absolute atomic E-state index is 11.8. The van der Waals surface area contributed by atoms with Gasteiger partial charge in [0.2, 0.25) is 5.88 Å². The highest BCUT2D eigenvalue weighted by atomic mass is 79.9. The highest BCUT2D eigenvalue weighted by molar-refractivity contribution is 9.10. The smallest absolute Gasteiger partial charge is 0.478 e. The summed E-state index contributed by atoms with van der Waals surface area (Å²) in [5, 5.41) is 8.55. The summed E-state index contributed by atoms with van der Waals surface area (Å²) in [6.45, 7) is 0. The van der Waals surface area contributed by atoms with Gasteiger partial charge in [-0.15, -0.1) is 13.2 Å². The first-order chi connectivity index (χ1) is 6.78. The molecular formula is C7H3BrF3NO3. The summed E-state index contributed by atoms with van der Waals surface area (Å²) >= 11 is 2.77. The van der Waals surface area contributed by atoms with Gasteiger partial charge in [0.15, 0.2) is 0 Å². The van der Waals surface area contributed by atoms with Crippen molar-refractivity contribution in [1.29, 1.82) is 0 Å². The van der Waals surface area contributed by atoms with Gasteiger partial charge in [-0.05, 0) is 22.0 Å². The van der Waals surface area contributed by atoms with E-state index in [9.17, 15) is 18.0 Å². The lowest BCUT2D eigenvalue weighted by atomic mass is 10.3. The number of hydrogen-bond acceptors (Lipinski definition) is 3. The van der Waals surface area contributed by atoms with Gasteiger partial charge in [-0.1, -0.05) is 0 Å². The predicted octanol–water partition coefficient (Wildman–Crippen LogP) is 2.44. The number of rotatable bonds is 2. The number of aromatic carboxylic acids is 1. The first kappa shape index (κ1) is 11.8. The molecule has 1 rings (SSSR count). The van der Waals surface area contributed by atoms with Crippen molar-refractivity contribution in [3.63, 3.8) is 0 Å². The third-order valence-electron chi connectivity index (χ3n) is 1.24. The van der Waals surface area contributed by atoms with E-state index in [1.807, 2.05) is 0 Å². The van der Waals surface area contributed by atoms with Gasteiger partial charge in [0, 0.05) is 6.07 Å². The molecule has 0 aliphatic carbocycles. The molecule has 1 aromatic heterocycles. The molecule has 82 valence electrons. The Morgan fingerprint density at radius 2 is 2.07 bits per heavy atom. The molecule has 0 amide bonds. The van der Waals surface area contributed by atoms with Crippen molar-refractivity contribution in [2.75, 3.05) is 0 Å². The number of nitrogens with zero attached hydrogens (tertiary/aromatic N) is 1. The average Bonchev–Trinajstić information content (AvgIpc) is 1.99. The molecule has 0 fully saturated rings. The van der Waals surface area contributed by atoms with Crippen molar-refractivity contribution in [2.24, 2.45) is 0 Å². The lowest BCUT2D eigenvalue weighted by Gasteiger charge is -2.08. The van der Waals surface area contributed by atoms with Gasteiger partial charge < -0.3 is 9.84 Å². The van der Waals surface area contributed by atoms with E-state index in [-0.39, 0.29) is 10.2 Å². The summed E-state index contributed by atoms with van der Waals surface area (Å²) in [6.07, 6.45) is -4.90. The Balaban J connectivity index is 3.04. The van der Waals surface area contributed by atoms with Crippen molar-refractivity contribution in [1.82, 2.24) is 4.98 Å². The van der Waals surface area contributed by atoms with Crippen LogP contribution >= 0.6 is 15.9 Å². The highest BCUT2D eigenvalue weighted by Gasteiger charge is 2.32. The van der Waals surface area contributed by atoms with Gasteiger partial charge in [0.25, 0.3) is 0 Å². The zero-order chi connectivity index (χ0) is 11.6. The van der Waals surface area contributed by atoms with Crippen molar-refractivity contribution >= 4 is 21.9 Å². The molecule has 4 nitrogen and oxygen atoms in total. The normalized spacial score (nSPS) is 11.2. The van der Waals surface area contributed by atoms with Gasteiger partial charge in [-0.2, -0.15) is 0 Å². The topological polar surface area (TPSA) is 59.4 Å². The molecule has 0 radical (unpaired) electrons. The lowest BCUT2D eigenvalue weighted by Crippen LogP contribution is -2.18. The summed E-state index contributed by atoms with van der Waals surface area (Å²) in [7, 11) is 0. The van der Waals surface area contributed by atoms with Crippen LogP contribution in [0.1, 0.15) is 10.4 Å². The number of carbonyl (C=O) groups is 1. The third kappa shape index (κ3) is 3.74. The second-order valence-electron chi connectivity index (χ2n) is 2.37. The van der Waals surface area contributed by atoms with Crippen LogP contribution in [0.25, 0.3) is 0 Å². The molecule has 8 heteroatoms. The Kier molecular flexibility index (Phi) is 3.18. The molecule has 0 saturated heterocycles. The largest absolute Gasteiger partial charge is 0.574 e. The van der Waals surface area contributed by atoms with Crippen LogP contribution in [0, 0.1) is 0 Å². The number of halogens is 4. The quantitative estimate of drug-likeness (QED) is 0.848. The van der Waals surface area contributed by atoms with Crippen LogP contribution in [-0.2, 0) is 0 Å². The number of carboxylic acid groups (broad SMARTS) is 1. The maximum atomic E-state index is 11.8. The van der Waals surface area contributed by atoms with Crippen molar-refractivity contribution in [2.45, 2.75) is 6.36 Å². The van der Waals surface area contributed by atoms with E-state index in [1.54, 1.807) is 0 Å². The Morgan fingerprint density at radius 1 is 1.47 bits per heavy atom. The second-order valence-corrected chi connectivity index (χ2v) is 3.18. The zero-order valence-electron chi connectivity index (χ0n) is 6.88. The summed E-state index contributed by atoms with van der Waals surface area (Å²) in [6, 6.07) is 1.74. The SMILES string of the molecule is O=C(O)c1cc(Br)nc(OC(F)(F)F)c1. The van der Waals surface area contributed by atoms with E-state index >= 15 is 0 Å². The lowest BCUT2D eigenvalue weighted by molar-refractivity contribution is -0.276. The first-order valence-corrected chi connectivity index (χ1v) is 4.24. The second kappa shape index (κ2) is 4.05. The number of hydrogen-bond donors (Lipinski definition) is 1. The summed E-state index contributed by atoms with van der Waals surface area (Å²) < 4.78 is 38.8. The fourth-order valence-corrected chi connectivity index (χ4v) is 1.19. The summed E-state index contributed by atoms with van der Waals surface area (Å²) in [5.41, 5.74) is -0.351. The molecule has 1 aromatic rings. The number of ether oxygens (including phenoxy) is 1. The maximum Gasteiger partial charge on any atom is 0.574 e. The van der Waals surface area contributed by atoms with Crippen molar-refractivity contribution < 1.29 is 27.8 Å². The highest BCUT2D eigenvalue weighted by Crippen LogP contribution is 2.23. The molecule has 0 aliphatic rings. The van der Waals surface area contributed by atoms with E-state index in [0.29, 0.717) is 6.07 Å². The van der Waals surface area contributed by atoms with Crippen LogP contribution < -0.4 is 4.74 Å². The van der Waals surface area contributed by atoms with Crippen LogP contribution in [0.15, 0.2) is 16.7 Å². The van der Waals surface area contributed by atoms with Crippen molar-refractivity contribution in [3.8, 4) is 5.88 Å². The monoisotopic (exact) mass is 285 g/mol. The Bertz CT molecular complexity index is 394. The molecule has 1 N–H and O–H groups in total. The van der Waals surface area contributed by atoms with Crippen LogP contribution in [0.4, 0.5) is 13.2 Å². The molecule has 0 bridgehead atoms. The van der Waals surface area contributed by atoms with E-state index < -0.39 is 18.2 Å². The molecule has 0 aromatic carbocycles. The molecule has 1 heterocycles. The van der Waals surface area contributed by atoms with E-state index in [0.717, 1.165) is 6.07 Å². The Hall–Kier alpha value is -1.31. The minimum absolute atomic E-state index is 0.0540. The number of aromatic nitrogens is 1. The number of carboxylic acids is 1. The summed E-state index contributed by atoms with van der Waals surface area (Å²) in [4.78, 5) is 13.8. The van der Waals surface area contributed by atoms with Crippen LogP contribution in [0.3, 0.4) is 0 Å². The molecule has 0 aliphatic heterocycles. The van der Waals surface area contributed by atoms with Gasteiger partial charge in [0.05, 0.1) is 5.56 Å². The molecule has 15 heavy (non-hydrogen) atoms. The number of pyridine rings is 1. The molecule has 0 spiro atoms.